The van der Waals surface area contributed by atoms with Crippen LogP contribution in [0.15, 0.2) is 41.0 Å². The summed E-state index contributed by atoms with van der Waals surface area (Å²) in [6.07, 6.45) is 8.19. The number of hydrogen-bond acceptors (Lipinski definition) is 3. The summed E-state index contributed by atoms with van der Waals surface area (Å²) in [7, 11) is 0. The molecule has 2 aromatic rings. The van der Waals surface area contributed by atoms with Crippen molar-refractivity contribution in [2.75, 3.05) is 19.6 Å². The molecule has 1 aliphatic heterocycles. The van der Waals surface area contributed by atoms with E-state index >= 15 is 0 Å². The van der Waals surface area contributed by atoms with E-state index in [1.807, 2.05) is 12.1 Å². The molecule has 4 nitrogen and oxygen atoms in total. The van der Waals surface area contributed by atoms with Crippen molar-refractivity contribution >= 4 is 5.91 Å². The Morgan fingerprint density at radius 2 is 1.96 bits per heavy atom. The van der Waals surface area contributed by atoms with Gasteiger partial charge in [0.15, 0.2) is 0 Å². The van der Waals surface area contributed by atoms with Crippen molar-refractivity contribution in [2.24, 2.45) is 0 Å². The van der Waals surface area contributed by atoms with Gasteiger partial charge in [0.25, 0.3) is 0 Å². The minimum atomic E-state index is 0.0914. The fourth-order valence-electron chi connectivity index (χ4n) is 4.14. The van der Waals surface area contributed by atoms with Crippen molar-refractivity contribution in [3.05, 3.63) is 59.0 Å². The molecule has 0 bridgehead atoms. The van der Waals surface area contributed by atoms with Crippen LogP contribution in [0.2, 0.25) is 0 Å². The number of furan rings is 1. The lowest BCUT2D eigenvalue weighted by molar-refractivity contribution is -0.120. The van der Waals surface area contributed by atoms with Crippen molar-refractivity contribution in [2.45, 2.75) is 44.6 Å². The molecule has 0 radical (unpaired) electrons. The lowest BCUT2D eigenvalue weighted by Gasteiger charge is -2.26. The molecule has 1 aromatic heterocycles. The highest BCUT2D eigenvalue weighted by molar-refractivity contribution is 5.78. The second-order valence-electron chi connectivity index (χ2n) is 7.21. The lowest BCUT2D eigenvalue weighted by Crippen LogP contribution is -2.37. The zero-order valence-electron chi connectivity index (χ0n) is 14.7. The van der Waals surface area contributed by atoms with Gasteiger partial charge >= 0.3 is 0 Å². The molecule has 1 aromatic carbocycles. The molecule has 0 saturated carbocycles. The SMILES string of the molecule is O=C(Cc1ccc2c(c1)CCC2)NC[C@H](c1ccco1)N1CCCC1. The van der Waals surface area contributed by atoms with E-state index in [9.17, 15) is 4.79 Å². The molecule has 1 N–H and O–H groups in total. The van der Waals surface area contributed by atoms with Gasteiger partial charge in [-0.25, -0.2) is 0 Å². The quantitative estimate of drug-likeness (QED) is 0.879. The van der Waals surface area contributed by atoms with E-state index in [1.54, 1.807) is 6.26 Å². The average molecular weight is 338 g/mol. The molecule has 132 valence electrons. The highest BCUT2D eigenvalue weighted by Gasteiger charge is 2.26. The minimum absolute atomic E-state index is 0.0914. The summed E-state index contributed by atoms with van der Waals surface area (Å²) < 4.78 is 5.62. The van der Waals surface area contributed by atoms with Crippen LogP contribution < -0.4 is 5.32 Å². The molecule has 25 heavy (non-hydrogen) atoms. The van der Waals surface area contributed by atoms with Gasteiger partial charge in [-0.3, -0.25) is 9.69 Å². The molecule has 4 rings (SSSR count). The Balaban J connectivity index is 1.36. The van der Waals surface area contributed by atoms with E-state index in [1.165, 1.54) is 36.8 Å². The molecule has 1 atom stereocenters. The molecular formula is C21H26N2O2. The van der Waals surface area contributed by atoms with E-state index in [0.717, 1.165) is 30.8 Å². The van der Waals surface area contributed by atoms with Gasteiger partial charge in [0.2, 0.25) is 5.91 Å². The van der Waals surface area contributed by atoms with E-state index in [4.69, 9.17) is 4.42 Å². The zero-order chi connectivity index (χ0) is 17.1. The van der Waals surface area contributed by atoms with E-state index < -0.39 is 0 Å². The first-order valence-corrected chi connectivity index (χ1v) is 9.44. The van der Waals surface area contributed by atoms with Crippen molar-refractivity contribution in [3.63, 3.8) is 0 Å². The third kappa shape index (κ3) is 3.79. The van der Waals surface area contributed by atoms with Crippen LogP contribution in [0.4, 0.5) is 0 Å². The lowest BCUT2D eigenvalue weighted by atomic mass is 10.0. The number of fused-ring (bicyclic) bond motifs is 1. The number of carbonyl (C=O) groups excluding carboxylic acids is 1. The summed E-state index contributed by atoms with van der Waals surface area (Å²) in [6.45, 7) is 2.76. The summed E-state index contributed by atoms with van der Waals surface area (Å²) in [4.78, 5) is 14.9. The number of hydrogen-bond donors (Lipinski definition) is 1. The van der Waals surface area contributed by atoms with Crippen LogP contribution in [-0.4, -0.2) is 30.4 Å². The predicted molar refractivity (Wildman–Crippen MR) is 97.4 cm³/mol. The number of likely N-dealkylation sites (tertiary alicyclic amines) is 1. The summed E-state index contributed by atoms with van der Waals surface area (Å²) in [5.41, 5.74) is 4.00. The highest BCUT2D eigenvalue weighted by atomic mass is 16.3. The predicted octanol–water partition coefficient (Wildman–Crippen LogP) is 3.26. The smallest absolute Gasteiger partial charge is 0.224 e. The van der Waals surface area contributed by atoms with Gasteiger partial charge in [0.1, 0.15) is 5.76 Å². The van der Waals surface area contributed by atoms with Crippen LogP contribution in [0.1, 0.15) is 47.8 Å². The standard InChI is InChI=1S/C21H26N2O2/c24-21(14-16-8-9-17-5-3-6-18(17)13-16)22-15-19(20-7-4-12-25-20)23-10-1-2-11-23/h4,7-9,12-13,19H,1-3,5-6,10-11,14-15H2,(H,22,24)/t19-/m1/s1. The van der Waals surface area contributed by atoms with Crippen LogP contribution >= 0.6 is 0 Å². The number of rotatable bonds is 6. The summed E-state index contributed by atoms with van der Waals surface area (Å²) in [6, 6.07) is 10.6. The molecule has 1 amide bonds. The van der Waals surface area contributed by atoms with Crippen LogP contribution in [-0.2, 0) is 24.1 Å². The molecule has 1 fully saturated rings. The number of benzene rings is 1. The van der Waals surface area contributed by atoms with Crippen molar-refractivity contribution in [1.82, 2.24) is 10.2 Å². The fourth-order valence-corrected chi connectivity index (χ4v) is 4.14. The molecule has 2 heterocycles. The average Bonchev–Trinajstić information content (AvgIpc) is 3.37. The Bertz CT molecular complexity index is 718. The van der Waals surface area contributed by atoms with E-state index in [0.29, 0.717) is 13.0 Å². The van der Waals surface area contributed by atoms with Crippen molar-refractivity contribution < 1.29 is 9.21 Å². The second kappa shape index (κ2) is 7.44. The maximum Gasteiger partial charge on any atom is 0.224 e. The third-order valence-corrected chi connectivity index (χ3v) is 5.47. The Morgan fingerprint density at radius 3 is 2.76 bits per heavy atom. The summed E-state index contributed by atoms with van der Waals surface area (Å²) >= 11 is 0. The topological polar surface area (TPSA) is 45.5 Å². The second-order valence-corrected chi connectivity index (χ2v) is 7.21. The van der Waals surface area contributed by atoms with Crippen LogP contribution in [0.5, 0.6) is 0 Å². The Morgan fingerprint density at radius 1 is 1.12 bits per heavy atom. The zero-order valence-corrected chi connectivity index (χ0v) is 14.7. The number of amides is 1. The number of nitrogens with one attached hydrogen (secondary N) is 1. The summed E-state index contributed by atoms with van der Waals surface area (Å²) in [5.74, 6) is 1.04. The molecule has 4 heteroatoms. The van der Waals surface area contributed by atoms with E-state index in [-0.39, 0.29) is 11.9 Å². The first kappa shape index (κ1) is 16.4. The van der Waals surface area contributed by atoms with Gasteiger partial charge in [0.05, 0.1) is 18.7 Å². The molecule has 1 aliphatic carbocycles. The Kier molecular flexibility index (Phi) is 4.88. The largest absolute Gasteiger partial charge is 0.468 e. The number of nitrogens with zero attached hydrogens (tertiary/aromatic N) is 1. The molecule has 2 aliphatic rings. The van der Waals surface area contributed by atoms with Crippen LogP contribution in [0.25, 0.3) is 0 Å². The number of carbonyl (C=O) groups is 1. The molecule has 0 spiro atoms. The number of aryl methyl sites for hydroxylation is 2. The van der Waals surface area contributed by atoms with Gasteiger partial charge < -0.3 is 9.73 Å². The molecular weight excluding hydrogens is 312 g/mol. The van der Waals surface area contributed by atoms with Gasteiger partial charge in [-0.15, -0.1) is 0 Å². The highest BCUT2D eigenvalue weighted by Crippen LogP contribution is 2.25. The minimum Gasteiger partial charge on any atom is -0.468 e. The van der Waals surface area contributed by atoms with Crippen molar-refractivity contribution in [3.8, 4) is 0 Å². The Labute approximate surface area is 149 Å². The first-order chi connectivity index (χ1) is 12.3. The Hall–Kier alpha value is -2.07. The van der Waals surface area contributed by atoms with Crippen LogP contribution in [0.3, 0.4) is 0 Å². The maximum absolute atomic E-state index is 12.4. The molecule has 0 unspecified atom stereocenters. The first-order valence-electron chi connectivity index (χ1n) is 9.44. The molecule has 1 saturated heterocycles. The van der Waals surface area contributed by atoms with Gasteiger partial charge in [-0.05, 0) is 74.0 Å². The van der Waals surface area contributed by atoms with Crippen molar-refractivity contribution in [1.29, 1.82) is 0 Å². The normalized spacial score (nSPS) is 18.2. The summed E-state index contributed by atoms with van der Waals surface area (Å²) in [5, 5.41) is 3.12. The fraction of sp³-hybridized carbons (Fsp3) is 0.476. The maximum atomic E-state index is 12.4. The van der Waals surface area contributed by atoms with Gasteiger partial charge in [-0.1, -0.05) is 18.2 Å². The van der Waals surface area contributed by atoms with Crippen LogP contribution in [0, 0.1) is 0 Å². The van der Waals surface area contributed by atoms with E-state index in [2.05, 4.69) is 28.4 Å². The van der Waals surface area contributed by atoms with Gasteiger partial charge in [0, 0.05) is 6.54 Å². The monoisotopic (exact) mass is 338 g/mol. The van der Waals surface area contributed by atoms with Gasteiger partial charge in [-0.2, -0.15) is 0 Å². The third-order valence-electron chi connectivity index (χ3n) is 5.47.